The van der Waals surface area contributed by atoms with Crippen LogP contribution in [0.15, 0.2) is 36.5 Å². The van der Waals surface area contributed by atoms with Crippen molar-refractivity contribution in [3.05, 3.63) is 36.5 Å². The number of rotatable bonds is 42. The maximum atomic E-state index is 12.6. The molecule has 0 bridgehead atoms. The predicted molar refractivity (Wildman–Crippen MR) is 231 cm³/mol. The molecule has 0 rings (SSSR count). The number of carbonyl (C=O) groups is 3. The van der Waals surface area contributed by atoms with Gasteiger partial charge in [-0.1, -0.05) is 166 Å². The summed E-state index contributed by atoms with van der Waals surface area (Å²) in [7, 11) is -4.73. The van der Waals surface area contributed by atoms with Crippen molar-refractivity contribution in [2.24, 2.45) is 5.73 Å². The van der Waals surface area contributed by atoms with Crippen LogP contribution in [-0.4, -0.2) is 59.9 Å². The average molecular weight is 828 g/mol. The molecule has 0 radical (unpaired) electrons. The molecule has 11 nitrogen and oxygen atoms in total. The number of carboxylic acids is 1. The fraction of sp³-hybridized carbons (Fsp3) is 0.800. The van der Waals surface area contributed by atoms with E-state index in [4.69, 9.17) is 24.8 Å². The molecule has 0 aromatic rings. The molecule has 57 heavy (non-hydrogen) atoms. The fourth-order valence-corrected chi connectivity index (χ4v) is 6.83. The van der Waals surface area contributed by atoms with Gasteiger partial charge in [0.2, 0.25) is 0 Å². The molecule has 0 aliphatic rings. The Bertz CT molecular complexity index is 1110. The van der Waals surface area contributed by atoms with Crippen molar-refractivity contribution >= 4 is 25.7 Å². The Hall–Kier alpha value is -2.30. The second kappa shape index (κ2) is 40.5. The van der Waals surface area contributed by atoms with E-state index in [-0.39, 0.29) is 19.4 Å². The van der Waals surface area contributed by atoms with Crippen LogP contribution >= 0.6 is 7.82 Å². The topological polar surface area (TPSA) is 172 Å². The number of unbranched alkanes of at least 4 members (excludes halogenated alkanes) is 22. The Labute approximate surface area is 346 Å². The molecule has 12 heteroatoms. The van der Waals surface area contributed by atoms with Gasteiger partial charge in [-0.15, -0.1) is 0 Å². The maximum absolute atomic E-state index is 12.6. The third-order valence-corrected chi connectivity index (χ3v) is 10.6. The third kappa shape index (κ3) is 40.3. The van der Waals surface area contributed by atoms with E-state index in [1.54, 1.807) is 0 Å². The van der Waals surface area contributed by atoms with Crippen LogP contribution < -0.4 is 5.73 Å². The van der Waals surface area contributed by atoms with Gasteiger partial charge in [0.15, 0.2) is 6.10 Å². The minimum atomic E-state index is -4.73. The van der Waals surface area contributed by atoms with Crippen LogP contribution in [0.25, 0.3) is 0 Å². The van der Waals surface area contributed by atoms with Crippen molar-refractivity contribution < 1.29 is 47.5 Å². The van der Waals surface area contributed by atoms with Crippen LogP contribution in [0.2, 0.25) is 0 Å². The first-order chi connectivity index (χ1) is 27.6. The quantitative estimate of drug-likeness (QED) is 0.0231. The predicted octanol–water partition coefficient (Wildman–Crippen LogP) is 12.0. The lowest BCUT2D eigenvalue weighted by atomic mass is 10.1. The Balaban J connectivity index is 4.35. The van der Waals surface area contributed by atoms with Gasteiger partial charge in [0.25, 0.3) is 0 Å². The number of esters is 2. The van der Waals surface area contributed by atoms with E-state index in [1.165, 1.54) is 122 Å². The Kier molecular flexibility index (Phi) is 38.8. The molecule has 0 aliphatic carbocycles. The standard InChI is InChI=1S/C45H82NO10P/c1-3-5-7-9-11-13-15-17-18-19-20-21-22-23-25-26-28-30-32-34-36-43(47)53-38-41(39-54-57(51,52)55-40-42(46)45(49)50)56-44(48)37-35-33-31-29-27-24-16-14-12-10-8-6-4-2/h20-21,24,27,31,33,41-42H,3-19,22-23,25-26,28-30,32,34-40,46H2,1-2H3,(H,49,50)(H,51,52)/b21-20+,27-24+,33-31+/t41?,42-/m1/s1. The molecule has 0 saturated carbocycles. The summed E-state index contributed by atoms with van der Waals surface area (Å²) < 4.78 is 32.6. The highest BCUT2D eigenvalue weighted by Gasteiger charge is 2.28. The summed E-state index contributed by atoms with van der Waals surface area (Å²) in [5.41, 5.74) is 5.33. The molecule has 4 N–H and O–H groups in total. The second-order valence-electron chi connectivity index (χ2n) is 15.2. The molecule has 0 fully saturated rings. The lowest BCUT2D eigenvalue weighted by Crippen LogP contribution is -2.34. The number of aliphatic carboxylic acids is 1. The number of carbonyl (C=O) groups excluding carboxylic acids is 2. The molecule has 3 atom stereocenters. The maximum Gasteiger partial charge on any atom is 0.472 e. The Morgan fingerprint density at radius 2 is 0.965 bits per heavy atom. The van der Waals surface area contributed by atoms with E-state index in [9.17, 15) is 23.8 Å². The fourth-order valence-electron chi connectivity index (χ4n) is 6.05. The summed E-state index contributed by atoms with van der Waals surface area (Å²) in [6, 6.07) is -1.53. The van der Waals surface area contributed by atoms with Crippen LogP contribution in [0.5, 0.6) is 0 Å². The summed E-state index contributed by atoms with van der Waals surface area (Å²) in [6.07, 6.45) is 43.7. The normalized spacial score (nSPS) is 14.0. The van der Waals surface area contributed by atoms with E-state index in [1.807, 2.05) is 12.2 Å². The first-order valence-electron chi connectivity index (χ1n) is 22.5. The van der Waals surface area contributed by atoms with Crippen molar-refractivity contribution in [3.8, 4) is 0 Å². The van der Waals surface area contributed by atoms with E-state index in [0.29, 0.717) is 12.8 Å². The first-order valence-corrected chi connectivity index (χ1v) is 24.0. The van der Waals surface area contributed by atoms with Crippen molar-refractivity contribution in [2.75, 3.05) is 19.8 Å². The summed E-state index contributed by atoms with van der Waals surface area (Å²) in [4.78, 5) is 45.9. The van der Waals surface area contributed by atoms with Crippen molar-refractivity contribution in [3.63, 3.8) is 0 Å². The van der Waals surface area contributed by atoms with E-state index < -0.39 is 51.1 Å². The zero-order valence-corrected chi connectivity index (χ0v) is 36.8. The summed E-state index contributed by atoms with van der Waals surface area (Å²) in [6.45, 7) is 2.74. The number of hydrogen-bond acceptors (Lipinski definition) is 9. The van der Waals surface area contributed by atoms with Gasteiger partial charge in [-0.3, -0.25) is 23.4 Å². The molecule has 0 aromatic heterocycles. The molecule has 0 amide bonds. The number of allylic oxidation sites excluding steroid dienone is 6. The number of phosphoric ester groups is 1. The van der Waals surface area contributed by atoms with Crippen LogP contribution in [0.3, 0.4) is 0 Å². The second-order valence-corrected chi connectivity index (χ2v) is 16.6. The van der Waals surface area contributed by atoms with Crippen LogP contribution in [0, 0.1) is 0 Å². The summed E-state index contributed by atoms with van der Waals surface area (Å²) >= 11 is 0. The first kappa shape index (κ1) is 54.7. The van der Waals surface area contributed by atoms with Gasteiger partial charge in [0, 0.05) is 12.8 Å². The highest BCUT2D eigenvalue weighted by Crippen LogP contribution is 2.43. The van der Waals surface area contributed by atoms with Gasteiger partial charge in [0.1, 0.15) is 12.6 Å². The van der Waals surface area contributed by atoms with E-state index in [0.717, 1.165) is 38.5 Å². The third-order valence-electron chi connectivity index (χ3n) is 9.62. The van der Waals surface area contributed by atoms with Gasteiger partial charge in [0.05, 0.1) is 13.2 Å². The van der Waals surface area contributed by atoms with Gasteiger partial charge in [-0.2, -0.15) is 0 Å². The molecule has 0 heterocycles. The molecular formula is C45H82NO10P. The van der Waals surface area contributed by atoms with Crippen LogP contribution in [0.4, 0.5) is 0 Å². The van der Waals surface area contributed by atoms with Gasteiger partial charge >= 0.3 is 25.7 Å². The largest absolute Gasteiger partial charge is 0.480 e. The van der Waals surface area contributed by atoms with Gasteiger partial charge < -0.3 is 25.2 Å². The molecule has 2 unspecified atom stereocenters. The monoisotopic (exact) mass is 828 g/mol. The SMILES string of the molecule is CCCCCCCC/C=C/C/C=C/CCC(=O)OC(COC(=O)CCCCCCCCC/C=C/CCCCCCCCCCC)COP(=O)(O)OC[C@@H](N)C(=O)O. The number of phosphoric acid groups is 1. The lowest BCUT2D eigenvalue weighted by molar-refractivity contribution is -0.161. The average Bonchev–Trinajstić information content (AvgIpc) is 3.19. The van der Waals surface area contributed by atoms with E-state index >= 15 is 0 Å². The highest BCUT2D eigenvalue weighted by molar-refractivity contribution is 7.47. The van der Waals surface area contributed by atoms with Crippen LogP contribution in [0.1, 0.15) is 200 Å². The number of carboxylic acid groups (broad SMARTS) is 1. The van der Waals surface area contributed by atoms with Gasteiger partial charge in [-0.25, -0.2) is 4.57 Å². The molecule has 0 aromatic carbocycles. The minimum Gasteiger partial charge on any atom is -0.480 e. The zero-order chi connectivity index (χ0) is 42.1. The molecule has 0 spiro atoms. The molecule has 0 aliphatic heterocycles. The Morgan fingerprint density at radius 1 is 0.544 bits per heavy atom. The van der Waals surface area contributed by atoms with Crippen molar-refractivity contribution in [1.29, 1.82) is 0 Å². The zero-order valence-electron chi connectivity index (χ0n) is 35.9. The van der Waals surface area contributed by atoms with Crippen molar-refractivity contribution in [2.45, 2.75) is 212 Å². The summed E-state index contributed by atoms with van der Waals surface area (Å²) in [5, 5.41) is 8.88. The number of nitrogens with two attached hydrogens (primary N) is 1. The minimum absolute atomic E-state index is 0.0548. The van der Waals surface area contributed by atoms with Crippen LogP contribution in [-0.2, 0) is 37.5 Å². The van der Waals surface area contributed by atoms with Gasteiger partial charge in [-0.05, 0) is 57.8 Å². The number of hydrogen-bond donors (Lipinski definition) is 3. The lowest BCUT2D eigenvalue weighted by Gasteiger charge is -2.20. The molecular weight excluding hydrogens is 745 g/mol. The Morgan fingerprint density at radius 3 is 1.46 bits per heavy atom. The molecule has 0 saturated heterocycles. The number of ether oxygens (including phenoxy) is 2. The summed E-state index contributed by atoms with van der Waals surface area (Å²) in [5.74, 6) is -2.46. The van der Waals surface area contributed by atoms with Crippen molar-refractivity contribution in [1.82, 2.24) is 0 Å². The smallest absolute Gasteiger partial charge is 0.472 e. The highest BCUT2D eigenvalue weighted by atomic mass is 31.2. The molecule has 332 valence electrons. The van der Waals surface area contributed by atoms with E-state index in [2.05, 4.69) is 42.7 Å².